The van der Waals surface area contributed by atoms with Crippen LogP contribution in [0.4, 0.5) is 0 Å². The van der Waals surface area contributed by atoms with Crippen LogP contribution in [0.25, 0.3) is 0 Å². The zero-order valence-corrected chi connectivity index (χ0v) is 15.9. The maximum atomic E-state index is 12.0. The number of nitrogens with zero attached hydrogens (tertiary/aromatic N) is 2. The maximum Gasteiger partial charge on any atom is 0.271 e. The van der Waals surface area contributed by atoms with Gasteiger partial charge in [0.15, 0.2) is 5.75 Å². The van der Waals surface area contributed by atoms with E-state index in [1.807, 2.05) is 12.1 Å². The van der Waals surface area contributed by atoms with Gasteiger partial charge < -0.3 is 9.64 Å². The van der Waals surface area contributed by atoms with Crippen molar-refractivity contribution in [2.75, 3.05) is 14.1 Å². The molecule has 0 atom stereocenters. The Labute approximate surface area is 161 Å². The van der Waals surface area contributed by atoms with Crippen molar-refractivity contribution in [3.05, 3.63) is 62.6 Å². The molecule has 0 fully saturated rings. The molecule has 5 nitrogen and oxygen atoms in total. The molecule has 132 valence electrons. The first kappa shape index (κ1) is 19.4. The molecule has 25 heavy (non-hydrogen) atoms. The summed E-state index contributed by atoms with van der Waals surface area (Å²) in [6, 6.07) is 10.2. The van der Waals surface area contributed by atoms with Gasteiger partial charge in [0, 0.05) is 24.7 Å². The van der Waals surface area contributed by atoms with Gasteiger partial charge in [0.1, 0.15) is 12.9 Å². The molecule has 0 aliphatic carbocycles. The summed E-state index contributed by atoms with van der Waals surface area (Å²) in [5.74, 6) is -0.125. The van der Waals surface area contributed by atoms with E-state index in [4.69, 9.17) is 39.5 Å². The number of hydrogen-bond acceptors (Lipinski definition) is 3. The first-order valence-corrected chi connectivity index (χ1v) is 8.36. The highest BCUT2D eigenvalue weighted by Gasteiger charge is 2.14. The number of carbonyl (C=O) groups excluding carboxylic acids is 1. The van der Waals surface area contributed by atoms with Crippen LogP contribution in [0.1, 0.15) is 15.9 Å². The monoisotopic (exact) mass is 399 g/mol. The molecule has 0 aromatic heterocycles. The Morgan fingerprint density at radius 1 is 1.20 bits per heavy atom. The number of benzene rings is 2. The molecule has 0 unspecified atom stereocenters. The second-order valence-corrected chi connectivity index (χ2v) is 6.59. The topological polar surface area (TPSA) is 53.9 Å². The summed E-state index contributed by atoms with van der Waals surface area (Å²) < 4.78 is 5.67. The van der Waals surface area contributed by atoms with E-state index in [0.29, 0.717) is 10.8 Å². The summed E-state index contributed by atoms with van der Waals surface area (Å²) in [6.07, 6.45) is 1.46. The van der Waals surface area contributed by atoms with Crippen molar-refractivity contribution in [3.63, 3.8) is 0 Å². The maximum absolute atomic E-state index is 12.0. The van der Waals surface area contributed by atoms with E-state index in [1.54, 1.807) is 31.1 Å². The zero-order valence-electron chi connectivity index (χ0n) is 13.6. The molecular formula is C17H16Cl3N3O2. The third-order valence-electron chi connectivity index (χ3n) is 2.99. The minimum atomic E-state index is -0.428. The summed E-state index contributed by atoms with van der Waals surface area (Å²) in [4.78, 5) is 13.7. The van der Waals surface area contributed by atoms with Crippen molar-refractivity contribution in [1.29, 1.82) is 0 Å². The molecule has 1 amide bonds. The second kappa shape index (κ2) is 8.94. The number of hydrogen-bond donors (Lipinski definition) is 1. The highest BCUT2D eigenvalue weighted by molar-refractivity contribution is 6.37. The van der Waals surface area contributed by atoms with Crippen molar-refractivity contribution in [2.45, 2.75) is 6.61 Å². The summed E-state index contributed by atoms with van der Waals surface area (Å²) in [5, 5.41) is 4.86. The number of amides is 1. The molecule has 0 aliphatic rings. The Bertz CT molecular complexity index is 771. The summed E-state index contributed by atoms with van der Waals surface area (Å²) in [7, 11) is 3.57. The highest BCUT2D eigenvalue weighted by atomic mass is 35.5. The second-order valence-electron chi connectivity index (χ2n) is 5.34. The van der Waals surface area contributed by atoms with Gasteiger partial charge in [-0.3, -0.25) is 4.79 Å². The third-order valence-corrected chi connectivity index (χ3v) is 3.78. The third kappa shape index (κ3) is 5.81. The lowest BCUT2D eigenvalue weighted by Crippen LogP contribution is -2.20. The molecule has 8 heteroatoms. The number of halogens is 3. The lowest BCUT2D eigenvalue weighted by atomic mass is 10.2. The Morgan fingerprint density at radius 3 is 2.48 bits per heavy atom. The number of ether oxygens (including phenoxy) is 1. The number of carbonyl (C=O) groups is 1. The molecule has 2 aromatic rings. The minimum Gasteiger partial charge on any atom is -0.486 e. The standard InChI is InChI=1S/C17H16Cl3N3O2/c1-23(2)10-21-22-17(24)12-7-14(19)16(15(20)8-12)25-9-11-4-3-5-13(18)6-11/h3-8,10H,9H2,1-2H3,(H,22,24)/b21-10+. The van der Waals surface area contributed by atoms with Gasteiger partial charge >= 0.3 is 0 Å². The molecule has 0 radical (unpaired) electrons. The van der Waals surface area contributed by atoms with Gasteiger partial charge in [-0.25, -0.2) is 5.43 Å². The zero-order chi connectivity index (χ0) is 18.4. The van der Waals surface area contributed by atoms with Gasteiger partial charge in [0.05, 0.1) is 10.0 Å². The van der Waals surface area contributed by atoms with Crippen LogP contribution in [0.15, 0.2) is 41.5 Å². The van der Waals surface area contributed by atoms with Crippen LogP contribution in [-0.2, 0) is 6.61 Å². The average Bonchev–Trinajstić information content (AvgIpc) is 2.53. The molecule has 2 rings (SSSR count). The molecule has 0 spiro atoms. The van der Waals surface area contributed by atoms with E-state index >= 15 is 0 Å². The molecule has 0 saturated carbocycles. The smallest absolute Gasteiger partial charge is 0.271 e. The first-order valence-electron chi connectivity index (χ1n) is 7.23. The Kier molecular flexibility index (Phi) is 6.93. The average molecular weight is 401 g/mol. The van der Waals surface area contributed by atoms with Gasteiger partial charge in [-0.05, 0) is 29.8 Å². The van der Waals surface area contributed by atoms with Crippen molar-refractivity contribution in [2.24, 2.45) is 5.10 Å². The van der Waals surface area contributed by atoms with Crippen LogP contribution >= 0.6 is 34.8 Å². The van der Waals surface area contributed by atoms with E-state index in [0.717, 1.165) is 5.56 Å². The largest absolute Gasteiger partial charge is 0.486 e. The van der Waals surface area contributed by atoms with Crippen LogP contribution in [-0.4, -0.2) is 31.2 Å². The van der Waals surface area contributed by atoms with E-state index in [9.17, 15) is 4.79 Å². The van der Waals surface area contributed by atoms with Gasteiger partial charge in [0.2, 0.25) is 0 Å². The number of rotatable bonds is 6. The van der Waals surface area contributed by atoms with Crippen LogP contribution < -0.4 is 10.2 Å². The molecule has 0 bridgehead atoms. The van der Waals surface area contributed by atoms with Crippen molar-refractivity contribution in [3.8, 4) is 5.75 Å². The summed E-state index contributed by atoms with van der Waals surface area (Å²) in [6.45, 7) is 0.249. The molecular weight excluding hydrogens is 385 g/mol. The molecule has 1 N–H and O–H groups in total. The molecule has 0 heterocycles. The molecule has 0 saturated heterocycles. The van der Waals surface area contributed by atoms with E-state index in [-0.39, 0.29) is 22.2 Å². The highest BCUT2D eigenvalue weighted by Crippen LogP contribution is 2.35. The van der Waals surface area contributed by atoms with E-state index in [2.05, 4.69) is 10.5 Å². The van der Waals surface area contributed by atoms with Gasteiger partial charge in [-0.2, -0.15) is 5.10 Å². The van der Waals surface area contributed by atoms with Crippen molar-refractivity contribution >= 4 is 47.0 Å². The Morgan fingerprint density at radius 2 is 1.88 bits per heavy atom. The van der Waals surface area contributed by atoms with Crippen LogP contribution in [0.3, 0.4) is 0 Å². The van der Waals surface area contributed by atoms with Gasteiger partial charge in [-0.15, -0.1) is 0 Å². The van der Waals surface area contributed by atoms with Crippen molar-refractivity contribution in [1.82, 2.24) is 10.3 Å². The Balaban J connectivity index is 2.10. The molecule has 0 aliphatic heterocycles. The minimum absolute atomic E-state index is 0.233. The van der Waals surface area contributed by atoms with Crippen LogP contribution in [0, 0.1) is 0 Å². The van der Waals surface area contributed by atoms with E-state index < -0.39 is 5.91 Å². The first-order chi connectivity index (χ1) is 11.9. The SMILES string of the molecule is CN(C)/C=N/NC(=O)c1cc(Cl)c(OCc2cccc(Cl)c2)c(Cl)c1. The summed E-state index contributed by atoms with van der Waals surface area (Å²) >= 11 is 18.3. The number of nitrogens with one attached hydrogen (secondary N) is 1. The number of hydrazone groups is 1. The quantitative estimate of drug-likeness (QED) is 0.442. The predicted octanol–water partition coefficient (Wildman–Crippen LogP) is 4.46. The van der Waals surface area contributed by atoms with Crippen molar-refractivity contribution < 1.29 is 9.53 Å². The lowest BCUT2D eigenvalue weighted by Gasteiger charge is -2.12. The Hall–Kier alpha value is -1.95. The lowest BCUT2D eigenvalue weighted by molar-refractivity contribution is 0.0954. The van der Waals surface area contributed by atoms with Gasteiger partial charge in [0.25, 0.3) is 5.91 Å². The fourth-order valence-electron chi connectivity index (χ4n) is 1.88. The van der Waals surface area contributed by atoms with E-state index in [1.165, 1.54) is 18.5 Å². The van der Waals surface area contributed by atoms with Gasteiger partial charge in [-0.1, -0.05) is 46.9 Å². The predicted molar refractivity (Wildman–Crippen MR) is 102 cm³/mol. The van der Waals surface area contributed by atoms with Crippen LogP contribution in [0.5, 0.6) is 5.75 Å². The fourth-order valence-corrected chi connectivity index (χ4v) is 2.69. The summed E-state index contributed by atoms with van der Waals surface area (Å²) in [5.41, 5.74) is 3.54. The fraction of sp³-hybridized carbons (Fsp3) is 0.176. The molecule has 2 aromatic carbocycles. The normalized spacial score (nSPS) is 10.8. The van der Waals surface area contributed by atoms with Crippen LogP contribution in [0.2, 0.25) is 15.1 Å².